The fourth-order valence-corrected chi connectivity index (χ4v) is 5.27. The summed E-state index contributed by atoms with van der Waals surface area (Å²) in [6.07, 6.45) is 5.82. The van der Waals surface area contributed by atoms with Gasteiger partial charge in [-0.25, -0.2) is 22.7 Å². The molecule has 3 aromatic rings. The maximum Gasteiger partial charge on any atom is 0.442 e. The predicted molar refractivity (Wildman–Crippen MR) is 164 cm³/mol. The molecule has 0 bridgehead atoms. The molecule has 0 aliphatic carbocycles. The zero-order chi connectivity index (χ0) is 34.3. The summed E-state index contributed by atoms with van der Waals surface area (Å²) in [6, 6.07) is 3.02. The number of rotatable bonds is 9. The van der Waals surface area contributed by atoms with Crippen molar-refractivity contribution >= 4 is 55.4 Å². The maximum atomic E-state index is 12.0. The summed E-state index contributed by atoms with van der Waals surface area (Å²) in [5, 5.41) is 6.73. The number of hydrogen-bond acceptors (Lipinski definition) is 13. The molecule has 0 unspecified atom stereocenters. The number of terminal acetylenes is 1. The van der Waals surface area contributed by atoms with Crippen LogP contribution in [-0.4, -0.2) is 80.5 Å². The number of aromatic nitrogens is 4. The van der Waals surface area contributed by atoms with E-state index in [4.69, 9.17) is 48.3 Å². The molecular formula is C24H29Cl2N7O10S2. The van der Waals surface area contributed by atoms with Crippen LogP contribution in [0.3, 0.4) is 0 Å². The van der Waals surface area contributed by atoms with Gasteiger partial charge in [-0.3, -0.25) is 5.32 Å². The monoisotopic (exact) mass is 709 g/mol. The second-order valence-electron chi connectivity index (χ2n) is 9.54. The van der Waals surface area contributed by atoms with Crippen LogP contribution in [0.5, 0.6) is 17.5 Å². The van der Waals surface area contributed by atoms with Gasteiger partial charge in [-0.2, -0.15) is 23.1 Å². The summed E-state index contributed by atoms with van der Waals surface area (Å²) in [5.41, 5.74) is -0.103. The lowest BCUT2D eigenvalue weighted by Gasteiger charge is -2.15. The zero-order valence-electron chi connectivity index (χ0n) is 24.9. The molecular weight excluding hydrogens is 681 g/mol. The number of urea groups is 1. The lowest BCUT2D eigenvalue weighted by molar-refractivity contribution is 0.256. The highest BCUT2D eigenvalue weighted by Gasteiger charge is 2.28. The van der Waals surface area contributed by atoms with Crippen molar-refractivity contribution < 1.29 is 40.3 Å². The van der Waals surface area contributed by atoms with Crippen LogP contribution in [0.4, 0.5) is 10.7 Å². The molecule has 0 aliphatic heterocycles. The first-order valence-corrected chi connectivity index (χ1v) is 16.2. The molecule has 246 valence electrons. The van der Waals surface area contributed by atoms with E-state index < -0.39 is 37.4 Å². The normalized spacial score (nSPS) is 11.6. The van der Waals surface area contributed by atoms with Crippen molar-refractivity contribution in [1.82, 2.24) is 28.2 Å². The number of halogens is 2. The van der Waals surface area contributed by atoms with E-state index in [0.717, 1.165) is 11.7 Å². The van der Waals surface area contributed by atoms with E-state index in [1.165, 1.54) is 37.1 Å². The number of ether oxygens (including phenoxy) is 3. The number of sulfonamides is 1. The molecule has 0 radical (unpaired) electrons. The van der Waals surface area contributed by atoms with E-state index >= 15 is 0 Å². The van der Waals surface area contributed by atoms with Gasteiger partial charge in [0.05, 0.1) is 42.3 Å². The van der Waals surface area contributed by atoms with Crippen LogP contribution in [-0.2, 0) is 25.6 Å². The molecule has 17 nitrogen and oxygen atoms in total. The third-order valence-electron chi connectivity index (χ3n) is 5.08. The van der Waals surface area contributed by atoms with Gasteiger partial charge in [0.15, 0.2) is 0 Å². The minimum atomic E-state index is -4.60. The average Bonchev–Trinajstić information content (AvgIpc) is 3.33. The van der Waals surface area contributed by atoms with Gasteiger partial charge < -0.3 is 18.6 Å². The minimum Gasteiger partial charge on any atom is -0.481 e. The molecule has 0 saturated heterocycles. The first-order chi connectivity index (χ1) is 20.7. The maximum absolute atomic E-state index is 12.0. The summed E-state index contributed by atoms with van der Waals surface area (Å²) in [5.74, 6) is 2.11. The Kier molecular flexibility index (Phi) is 12.2. The van der Waals surface area contributed by atoms with Crippen molar-refractivity contribution in [3.63, 3.8) is 0 Å². The second kappa shape index (κ2) is 14.8. The van der Waals surface area contributed by atoms with Crippen LogP contribution in [0.15, 0.2) is 27.4 Å². The van der Waals surface area contributed by atoms with Crippen molar-refractivity contribution in [2.75, 3.05) is 39.4 Å². The van der Waals surface area contributed by atoms with Gasteiger partial charge >= 0.3 is 22.0 Å². The summed E-state index contributed by atoms with van der Waals surface area (Å²) in [7, 11) is -5.27. The van der Waals surface area contributed by atoms with Gasteiger partial charge in [0.1, 0.15) is 12.4 Å². The number of anilines is 1. The topological polar surface area (TPSA) is 214 Å². The molecule has 0 atom stereocenters. The Morgan fingerprint density at radius 2 is 1.67 bits per heavy atom. The third kappa shape index (κ3) is 10.2. The first-order valence-electron chi connectivity index (χ1n) is 12.1. The Morgan fingerprint density at radius 3 is 2.13 bits per heavy atom. The van der Waals surface area contributed by atoms with Crippen LogP contribution in [0.25, 0.3) is 5.69 Å². The van der Waals surface area contributed by atoms with Gasteiger partial charge in [-0.15, -0.1) is 11.5 Å². The molecule has 21 heteroatoms. The number of benzene rings is 1. The summed E-state index contributed by atoms with van der Waals surface area (Å²) in [4.78, 5) is 31.2. The molecule has 0 aliphatic rings. The minimum absolute atomic E-state index is 0.00654. The Morgan fingerprint density at radius 1 is 1.09 bits per heavy atom. The number of amides is 2. The molecule has 45 heavy (non-hydrogen) atoms. The van der Waals surface area contributed by atoms with Gasteiger partial charge in [-0.1, -0.05) is 53.6 Å². The van der Waals surface area contributed by atoms with Gasteiger partial charge in [0.25, 0.3) is 0 Å². The van der Waals surface area contributed by atoms with E-state index in [1.54, 1.807) is 0 Å². The summed E-state index contributed by atoms with van der Waals surface area (Å²) >= 11 is 12.2. The fraction of sp³-hybridized carbons (Fsp3) is 0.375. The molecule has 3 rings (SSSR count). The number of nitrogens with zero attached hydrogens (tertiary/aromatic N) is 5. The van der Waals surface area contributed by atoms with Crippen LogP contribution >= 0.6 is 23.2 Å². The van der Waals surface area contributed by atoms with E-state index in [9.17, 15) is 26.4 Å². The molecule has 0 saturated carbocycles. The number of methoxy groups -OCH3 is 2. The quantitative estimate of drug-likeness (QED) is 0.305. The first kappa shape index (κ1) is 37.1. The van der Waals surface area contributed by atoms with Gasteiger partial charge in [0.2, 0.25) is 33.6 Å². The van der Waals surface area contributed by atoms with E-state index in [0.29, 0.717) is 23.6 Å². The van der Waals surface area contributed by atoms with Gasteiger partial charge in [0, 0.05) is 18.5 Å². The molecule has 2 aromatic heterocycles. The van der Waals surface area contributed by atoms with Crippen molar-refractivity contribution in [3.8, 4) is 35.5 Å². The molecule has 0 spiro atoms. The molecule has 2 heterocycles. The van der Waals surface area contributed by atoms with Crippen LogP contribution < -0.4 is 30.0 Å². The van der Waals surface area contributed by atoms with E-state index in [1.807, 2.05) is 26.1 Å². The Balaban J connectivity index is 0.000000314. The lowest BCUT2D eigenvalue weighted by Crippen LogP contribution is -2.45. The second-order valence-corrected chi connectivity index (χ2v) is 14.3. The standard InChI is InChI=1S/C15H14Cl2N2O3.C9H15N5O7S2/c1-5-6-21-12-8-11(9(16)7-10(12)17)19-14(20)22-13(18-19)15(2,3)4;1-14(22(4,16)17)23(18,19)13-9(15)12-8-10-6(20-2)5-7(11-8)21-3/h1,7-8H,6H2,2-4H3;5H,1-4H3,(H2,10,11,12,13,15). The third-order valence-corrected chi connectivity index (χ3v) is 9.13. The van der Waals surface area contributed by atoms with Gasteiger partial charge in [-0.05, 0) is 6.07 Å². The van der Waals surface area contributed by atoms with Crippen molar-refractivity contribution in [3.05, 3.63) is 44.7 Å². The highest BCUT2D eigenvalue weighted by Crippen LogP contribution is 2.33. The highest BCUT2D eigenvalue weighted by molar-refractivity contribution is 8.03. The molecule has 0 fully saturated rings. The Bertz CT molecular complexity index is 1840. The Hall–Kier alpha value is -4.09. The molecule has 2 amide bonds. The highest BCUT2D eigenvalue weighted by atomic mass is 35.5. The number of carbonyl (C=O) groups is 1. The SMILES string of the molecule is C#CCOc1cc(-n2nc(C(C)(C)C)oc2=O)c(Cl)cc1Cl.COc1cc(OC)nc(NC(=O)NS(=O)(=O)N(C)S(C)(=O)=O)n1. The lowest BCUT2D eigenvalue weighted by atomic mass is 9.97. The summed E-state index contributed by atoms with van der Waals surface area (Å²) in [6.45, 7) is 5.69. The Labute approximate surface area is 269 Å². The van der Waals surface area contributed by atoms with Crippen LogP contribution in [0, 0.1) is 12.3 Å². The molecule has 2 N–H and O–H groups in total. The predicted octanol–water partition coefficient (Wildman–Crippen LogP) is 2.19. The number of nitrogens with one attached hydrogen (secondary N) is 2. The van der Waals surface area contributed by atoms with Crippen molar-refractivity contribution in [1.29, 1.82) is 0 Å². The molecule has 1 aromatic carbocycles. The van der Waals surface area contributed by atoms with E-state index in [2.05, 4.69) is 21.0 Å². The van der Waals surface area contributed by atoms with Crippen molar-refractivity contribution in [2.45, 2.75) is 26.2 Å². The van der Waals surface area contributed by atoms with Crippen molar-refractivity contribution in [2.24, 2.45) is 0 Å². The zero-order valence-corrected chi connectivity index (χ0v) is 28.1. The fourth-order valence-electron chi connectivity index (χ4n) is 2.80. The largest absolute Gasteiger partial charge is 0.481 e. The number of carbonyl (C=O) groups excluding carboxylic acids is 1. The number of hydrogen-bond donors (Lipinski definition) is 2. The summed E-state index contributed by atoms with van der Waals surface area (Å²) < 4.78 is 68.6. The van der Waals surface area contributed by atoms with E-state index in [-0.39, 0.29) is 38.1 Å². The smallest absolute Gasteiger partial charge is 0.442 e. The average molecular weight is 711 g/mol. The van der Waals surface area contributed by atoms with Crippen LogP contribution in [0.2, 0.25) is 10.0 Å². The van der Waals surface area contributed by atoms with Crippen LogP contribution in [0.1, 0.15) is 26.7 Å².